The van der Waals surface area contributed by atoms with E-state index in [-0.39, 0.29) is 6.10 Å². The summed E-state index contributed by atoms with van der Waals surface area (Å²) in [6, 6.07) is 0. The molecule has 0 aliphatic rings. The molecule has 0 aliphatic heterocycles. The highest BCUT2D eigenvalue weighted by Gasteiger charge is 2.07. The lowest BCUT2D eigenvalue weighted by atomic mass is 10.2. The van der Waals surface area contributed by atoms with Crippen LogP contribution in [0.5, 0.6) is 0 Å². The summed E-state index contributed by atoms with van der Waals surface area (Å²) < 4.78 is 5.35. The Kier molecular flexibility index (Phi) is 4.42. The lowest BCUT2D eigenvalue weighted by molar-refractivity contribution is 0.0734. The summed E-state index contributed by atoms with van der Waals surface area (Å²) in [7, 11) is 0. The highest BCUT2D eigenvalue weighted by molar-refractivity contribution is 6.44. The third-order valence-corrected chi connectivity index (χ3v) is 1.77. The molecular weight excluding hydrogens is 211 g/mol. The van der Waals surface area contributed by atoms with Gasteiger partial charge in [0.1, 0.15) is 11.2 Å². The van der Waals surface area contributed by atoms with Gasteiger partial charge in [-0.25, -0.2) is 9.97 Å². The van der Waals surface area contributed by atoms with Gasteiger partial charge in [0.2, 0.25) is 0 Å². The van der Waals surface area contributed by atoms with Crippen molar-refractivity contribution in [2.45, 2.75) is 17.9 Å². The zero-order valence-electron chi connectivity index (χ0n) is 7.15. The maximum absolute atomic E-state index is 5.52. The van der Waals surface area contributed by atoms with Gasteiger partial charge in [0.15, 0.2) is 0 Å². The van der Waals surface area contributed by atoms with Crippen LogP contribution in [0.15, 0.2) is 18.7 Å². The summed E-state index contributed by atoms with van der Waals surface area (Å²) >= 11 is 11.0. The molecule has 0 radical (unpaired) electrons. The van der Waals surface area contributed by atoms with Gasteiger partial charge >= 0.3 is 0 Å². The van der Waals surface area contributed by atoms with E-state index in [1.807, 2.05) is 6.92 Å². The molecule has 0 bridgehead atoms. The quantitative estimate of drug-likeness (QED) is 0.732. The molecule has 0 fully saturated rings. The molecule has 1 aromatic rings. The van der Waals surface area contributed by atoms with E-state index in [1.165, 1.54) is 6.33 Å². The van der Waals surface area contributed by atoms with Crippen LogP contribution < -0.4 is 0 Å². The molecule has 0 spiro atoms. The number of aromatic nitrogens is 2. The second kappa shape index (κ2) is 5.37. The predicted octanol–water partition coefficient (Wildman–Crippen LogP) is 2.36. The molecule has 5 heteroatoms. The average Bonchev–Trinajstić information content (AvgIpc) is 2.15. The van der Waals surface area contributed by atoms with Crippen LogP contribution in [0.1, 0.15) is 18.6 Å². The third kappa shape index (κ3) is 3.89. The lowest BCUT2D eigenvalue weighted by Gasteiger charge is -2.12. The van der Waals surface area contributed by atoms with Gasteiger partial charge in [0.25, 0.3) is 0 Å². The van der Waals surface area contributed by atoms with Crippen LogP contribution in [-0.2, 0) is 4.74 Å². The largest absolute Gasteiger partial charge is 0.371 e. The lowest BCUT2D eigenvalue weighted by Crippen LogP contribution is -2.07. The zero-order chi connectivity index (χ0) is 9.68. The third-order valence-electron chi connectivity index (χ3n) is 1.52. The molecule has 1 unspecified atom stereocenters. The van der Waals surface area contributed by atoms with Gasteiger partial charge < -0.3 is 4.74 Å². The summed E-state index contributed by atoms with van der Waals surface area (Å²) in [5.41, 5.74) is 0.913. The predicted molar refractivity (Wildman–Crippen MR) is 51.9 cm³/mol. The smallest absolute Gasteiger partial charge is 0.131 e. The maximum Gasteiger partial charge on any atom is 0.131 e. The van der Waals surface area contributed by atoms with E-state index in [9.17, 15) is 0 Å². The van der Waals surface area contributed by atoms with Crippen LogP contribution in [0.25, 0.3) is 0 Å². The molecule has 3 nitrogen and oxygen atoms in total. The molecule has 1 atom stereocenters. The summed E-state index contributed by atoms with van der Waals surface area (Å²) in [5.74, 6) is 0. The van der Waals surface area contributed by atoms with E-state index in [1.54, 1.807) is 12.4 Å². The molecule has 1 heterocycles. The second-order valence-electron chi connectivity index (χ2n) is 2.54. The van der Waals surface area contributed by atoms with Crippen LogP contribution in [0.4, 0.5) is 0 Å². The fourth-order valence-electron chi connectivity index (χ4n) is 0.834. The van der Waals surface area contributed by atoms with Crippen molar-refractivity contribution >= 4 is 23.2 Å². The highest BCUT2D eigenvalue weighted by Crippen LogP contribution is 2.15. The van der Waals surface area contributed by atoms with Gasteiger partial charge in [0, 0.05) is 18.0 Å². The molecular formula is C8H10Cl2N2O. The van der Waals surface area contributed by atoms with Gasteiger partial charge in [-0.05, 0) is 6.92 Å². The monoisotopic (exact) mass is 220 g/mol. The van der Waals surface area contributed by atoms with Crippen molar-refractivity contribution in [2.75, 3.05) is 6.61 Å². The molecule has 0 aliphatic carbocycles. The van der Waals surface area contributed by atoms with Gasteiger partial charge in [-0.3, -0.25) is 0 Å². The Morgan fingerprint density at radius 1 is 1.38 bits per heavy atom. The Morgan fingerprint density at radius 2 is 2.00 bits per heavy atom. The Hall–Kier alpha value is -0.380. The van der Waals surface area contributed by atoms with Crippen molar-refractivity contribution in [2.24, 2.45) is 0 Å². The second-order valence-corrected chi connectivity index (χ2v) is 3.82. The summed E-state index contributed by atoms with van der Waals surface area (Å²) in [6.07, 6.45) is 4.80. The van der Waals surface area contributed by atoms with E-state index >= 15 is 0 Å². The molecule has 0 amide bonds. The normalized spacial score (nSPS) is 13.2. The Balaban J connectivity index is 2.44. The number of alkyl halides is 2. The van der Waals surface area contributed by atoms with Crippen molar-refractivity contribution in [3.63, 3.8) is 0 Å². The van der Waals surface area contributed by atoms with E-state index < -0.39 is 4.84 Å². The number of hydrogen-bond acceptors (Lipinski definition) is 3. The number of hydrogen-bond donors (Lipinski definition) is 0. The standard InChI is InChI=1S/C8H10Cl2N2O/c1-6(13-4-8(9)10)7-2-11-5-12-3-7/h2-3,5-6,8H,4H2,1H3. The molecule has 1 aromatic heterocycles. The summed E-state index contributed by atoms with van der Waals surface area (Å²) in [4.78, 5) is 7.26. The Bertz CT molecular complexity index is 243. The van der Waals surface area contributed by atoms with Gasteiger partial charge in [-0.1, -0.05) is 0 Å². The molecule has 0 N–H and O–H groups in total. The fraction of sp³-hybridized carbons (Fsp3) is 0.500. The van der Waals surface area contributed by atoms with Gasteiger partial charge in [-0.15, -0.1) is 23.2 Å². The molecule has 0 aromatic carbocycles. The Morgan fingerprint density at radius 3 is 2.54 bits per heavy atom. The first-order valence-corrected chi connectivity index (χ1v) is 4.72. The van der Waals surface area contributed by atoms with E-state index in [0.29, 0.717) is 6.61 Å². The fourth-order valence-corrected chi connectivity index (χ4v) is 0.979. The van der Waals surface area contributed by atoms with Crippen LogP contribution in [0, 0.1) is 0 Å². The van der Waals surface area contributed by atoms with E-state index in [0.717, 1.165) is 5.56 Å². The van der Waals surface area contributed by atoms with Crippen LogP contribution in [0.2, 0.25) is 0 Å². The molecule has 13 heavy (non-hydrogen) atoms. The number of halogens is 2. The molecule has 0 saturated carbocycles. The highest BCUT2D eigenvalue weighted by atomic mass is 35.5. The topological polar surface area (TPSA) is 35.0 Å². The van der Waals surface area contributed by atoms with E-state index in [2.05, 4.69) is 9.97 Å². The number of ether oxygens (including phenoxy) is 1. The van der Waals surface area contributed by atoms with Crippen LogP contribution in [0.3, 0.4) is 0 Å². The van der Waals surface area contributed by atoms with Gasteiger partial charge in [-0.2, -0.15) is 0 Å². The van der Waals surface area contributed by atoms with Crippen molar-refractivity contribution in [1.29, 1.82) is 0 Å². The summed E-state index contributed by atoms with van der Waals surface area (Å²) in [5, 5.41) is 0. The van der Waals surface area contributed by atoms with Crippen LogP contribution >= 0.6 is 23.2 Å². The van der Waals surface area contributed by atoms with E-state index in [4.69, 9.17) is 27.9 Å². The first kappa shape index (κ1) is 10.7. The minimum Gasteiger partial charge on any atom is -0.371 e. The van der Waals surface area contributed by atoms with Crippen molar-refractivity contribution in [3.05, 3.63) is 24.3 Å². The Labute approximate surface area is 87.1 Å². The minimum absolute atomic E-state index is 0.0822. The van der Waals surface area contributed by atoms with Crippen molar-refractivity contribution < 1.29 is 4.74 Å². The zero-order valence-corrected chi connectivity index (χ0v) is 8.66. The molecule has 0 saturated heterocycles. The maximum atomic E-state index is 5.52. The minimum atomic E-state index is -0.493. The SMILES string of the molecule is CC(OCC(Cl)Cl)c1cncnc1. The summed E-state index contributed by atoms with van der Waals surface area (Å²) in [6.45, 7) is 2.20. The van der Waals surface area contributed by atoms with Crippen molar-refractivity contribution in [3.8, 4) is 0 Å². The van der Waals surface area contributed by atoms with Crippen molar-refractivity contribution in [1.82, 2.24) is 9.97 Å². The average molecular weight is 221 g/mol. The van der Waals surface area contributed by atoms with Gasteiger partial charge in [0.05, 0.1) is 12.7 Å². The number of nitrogens with zero attached hydrogens (tertiary/aromatic N) is 2. The molecule has 1 rings (SSSR count). The van der Waals surface area contributed by atoms with Crippen LogP contribution in [-0.4, -0.2) is 21.4 Å². The molecule has 72 valence electrons. The first-order chi connectivity index (χ1) is 6.20. The number of rotatable bonds is 4. The first-order valence-electron chi connectivity index (χ1n) is 3.85.